The number of hydrogen-bond acceptors (Lipinski definition) is 4. The Morgan fingerprint density at radius 2 is 1.93 bits per heavy atom. The number of aromatic nitrogens is 4. The zero-order valence-corrected chi connectivity index (χ0v) is 15.9. The summed E-state index contributed by atoms with van der Waals surface area (Å²) in [6.45, 7) is 3.79. The van der Waals surface area contributed by atoms with E-state index in [4.69, 9.17) is 0 Å². The molecule has 1 aliphatic rings. The maximum atomic E-state index is 13.8. The van der Waals surface area contributed by atoms with Crippen molar-refractivity contribution in [3.05, 3.63) is 65.2 Å². The van der Waals surface area contributed by atoms with Gasteiger partial charge in [0.15, 0.2) is 5.82 Å². The van der Waals surface area contributed by atoms with E-state index in [1.165, 1.54) is 12.1 Å². The van der Waals surface area contributed by atoms with Crippen LogP contribution in [0.1, 0.15) is 42.6 Å². The van der Waals surface area contributed by atoms with E-state index in [0.717, 1.165) is 29.7 Å². The summed E-state index contributed by atoms with van der Waals surface area (Å²) in [6, 6.07) is 12.1. The number of aryl methyl sites for hydroxylation is 2. The molecule has 6 nitrogen and oxygen atoms in total. The van der Waals surface area contributed by atoms with Crippen LogP contribution in [0.2, 0.25) is 0 Å². The third-order valence-corrected chi connectivity index (χ3v) is 5.59. The molecule has 1 fully saturated rings. The van der Waals surface area contributed by atoms with Crippen molar-refractivity contribution in [1.29, 1.82) is 0 Å². The summed E-state index contributed by atoms with van der Waals surface area (Å²) in [5, 5.41) is 14.7. The minimum absolute atomic E-state index is 0.0983. The molecule has 0 atom stereocenters. The molecule has 1 aliphatic carbocycles. The number of halogens is 1. The molecule has 1 aromatic heterocycles. The third-order valence-electron chi connectivity index (χ3n) is 5.59. The number of rotatable bonds is 4. The highest BCUT2D eigenvalue weighted by Crippen LogP contribution is 2.42. The number of nitrogens with zero attached hydrogens (tertiary/aromatic N) is 4. The molecule has 3 aromatic rings. The Hall–Kier alpha value is -3.09. The lowest BCUT2D eigenvalue weighted by Gasteiger charge is -2.28. The van der Waals surface area contributed by atoms with Crippen LogP contribution in [0, 0.1) is 19.7 Å². The minimum atomic E-state index is -0.697. The van der Waals surface area contributed by atoms with E-state index in [0.29, 0.717) is 24.4 Å². The Morgan fingerprint density at radius 3 is 2.61 bits per heavy atom. The van der Waals surface area contributed by atoms with Gasteiger partial charge in [-0.25, -0.2) is 4.39 Å². The zero-order chi connectivity index (χ0) is 19.7. The van der Waals surface area contributed by atoms with E-state index in [2.05, 4.69) is 20.8 Å². The number of hydrogen-bond donors (Lipinski definition) is 1. The average Bonchev–Trinajstić information content (AvgIpc) is 3.33. The molecule has 0 bridgehead atoms. The van der Waals surface area contributed by atoms with Crippen molar-refractivity contribution in [3.8, 4) is 5.69 Å². The van der Waals surface area contributed by atoms with Crippen molar-refractivity contribution in [2.45, 2.75) is 44.9 Å². The van der Waals surface area contributed by atoms with Crippen LogP contribution in [0.3, 0.4) is 0 Å². The minimum Gasteiger partial charge on any atom is -0.325 e. The van der Waals surface area contributed by atoms with Crippen LogP contribution in [-0.4, -0.2) is 26.1 Å². The summed E-state index contributed by atoms with van der Waals surface area (Å²) >= 11 is 0. The monoisotopic (exact) mass is 379 g/mol. The number of nitrogens with one attached hydrogen (secondary N) is 1. The second-order valence-corrected chi connectivity index (χ2v) is 7.39. The first kappa shape index (κ1) is 18.3. The number of anilines is 1. The summed E-state index contributed by atoms with van der Waals surface area (Å²) in [6.07, 6.45) is 3.33. The van der Waals surface area contributed by atoms with Gasteiger partial charge in [0, 0.05) is 5.69 Å². The van der Waals surface area contributed by atoms with Crippen molar-refractivity contribution in [3.63, 3.8) is 0 Å². The zero-order valence-electron chi connectivity index (χ0n) is 15.9. The van der Waals surface area contributed by atoms with Gasteiger partial charge in [-0.15, -0.1) is 5.10 Å². The van der Waals surface area contributed by atoms with E-state index in [1.54, 1.807) is 10.7 Å². The van der Waals surface area contributed by atoms with Crippen molar-refractivity contribution in [1.82, 2.24) is 20.2 Å². The molecule has 1 heterocycles. The quantitative estimate of drug-likeness (QED) is 0.747. The number of amides is 1. The van der Waals surface area contributed by atoms with Crippen LogP contribution in [0.4, 0.5) is 10.1 Å². The lowest BCUT2D eigenvalue weighted by atomic mass is 9.78. The molecule has 1 amide bonds. The summed E-state index contributed by atoms with van der Waals surface area (Å²) in [4.78, 5) is 13.3. The van der Waals surface area contributed by atoms with E-state index >= 15 is 0 Å². The van der Waals surface area contributed by atoms with Crippen LogP contribution >= 0.6 is 0 Å². The highest BCUT2D eigenvalue weighted by Gasteiger charge is 2.42. The Morgan fingerprint density at radius 1 is 1.14 bits per heavy atom. The topological polar surface area (TPSA) is 72.7 Å². The summed E-state index contributed by atoms with van der Waals surface area (Å²) in [7, 11) is 0. The second kappa shape index (κ2) is 7.14. The highest BCUT2D eigenvalue weighted by atomic mass is 19.1. The first-order chi connectivity index (χ1) is 13.5. The molecular weight excluding hydrogens is 357 g/mol. The predicted molar refractivity (Wildman–Crippen MR) is 104 cm³/mol. The van der Waals surface area contributed by atoms with Crippen LogP contribution in [0.25, 0.3) is 5.69 Å². The van der Waals surface area contributed by atoms with Gasteiger partial charge in [0.1, 0.15) is 5.82 Å². The number of benzene rings is 2. The predicted octanol–water partition coefficient (Wildman–Crippen LogP) is 3.87. The van der Waals surface area contributed by atoms with E-state index in [1.807, 2.05) is 38.1 Å². The van der Waals surface area contributed by atoms with Crippen LogP contribution in [0.15, 0.2) is 42.5 Å². The Labute approximate surface area is 162 Å². The van der Waals surface area contributed by atoms with Crippen molar-refractivity contribution in [2.75, 3.05) is 5.32 Å². The molecule has 7 heteroatoms. The SMILES string of the molecule is Cc1ccc(NC(=O)C2(c3cccc(F)c3)CCCC2)cc1-n1nnnc1C. The molecule has 0 spiro atoms. The van der Waals surface area contributed by atoms with Gasteiger partial charge in [-0.05, 0) is 72.5 Å². The molecule has 4 rings (SSSR count). The number of tetrazole rings is 1. The second-order valence-electron chi connectivity index (χ2n) is 7.39. The number of carbonyl (C=O) groups is 1. The van der Waals surface area contributed by atoms with Gasteiger partial charge in [0.25, 0.3) is 0 Å². The van der Waals surface area contributed by atoms with Crippen molar-refractivity contribution >= 4 is 11.6 Å². The van der Waals surface area contributed by atoms with Crippen LogP contribution in [0.5, 0.6) is 0 Å². The van der Waals surface area contributed by atoms with Gasteiger partial charge >= 0.3 is 0 Å². The molecule has 0 aliphatic heterocycles. The Balaban J connectivity index is 1.67. The van der Waals surface area contributed by atoms with Gasteiger partial charge < -0.3 is 5.32 Å². The molecule has 0 unspecified atom stereocenters. The molecule has 2 aromatic carbocycles. The first-order valence-corrected chi connectivity index (χ1v) is 9.43. The van der Waals surface area contributed by atoms with Gasteiger partial charge in [0.2, 0.25) is 5.91 Å². The largest absolute Gasteiger partial charge is 0.325 e. The van der Waals surface area contributed by atoms with Crippen molar-refractivity contribution in [2.24, 2.45) is 0 Å². The fourth-order valence-electron chi connectivity index (χ4n) is 4.03. The Kier molecular flexibility index (Phi) is 4.66. The van der Waals surface area contributed by atoms with E-state index < -0.39 is 5.41 Å². The van der Waals surface area contributed by atoms with Gasteiger partial charge in [-0.3, -0.25) is 4.79 Å². The smallest absolute Gasteiger partial charge is 0.235 e. The molecule has 1 saturated carbocycles. The first-order valence-electron chi connectivity index (χ1n) is 9.43. The lowest BCUT2D eigenvalue weighted by Crippen LogP contribution is -2.38. The maximum Gasteiger partial charge on any atom is 0.235 e. The van der Waals surface area contributed by atoms with Gasteiger partial charge in [0.05, 0.1) is 11.1 Å². The summed E-state index contributed by atoms with van der Waals surface area (Å²) in [5.41, 5.74) is 2.52. The Bertz CT molecular complexity index is 1020. The molecular formula is C21H22FN5O. The van der Waals surface area contributed by atoms with E-state index in [9.17, 15) is 9.18 Å². The summed E-state index contributed by atoms with van der Waals surface area (Å²) in [5.74, 6) is 0.251. The lowest BCUT2D eigenvalue weighted by molar-refractivity contribution is -0.121. The molecule has 28 heavy (non-hydrogen) atoms. The molecule has 0 radical (unpaired) electrons. The number of carbonyl (C=O) groups excluding carboxylic acids is 1. The molecule has 0 saturated heterocycles. The van der Waals surface area contributed by atoms with Crippen LogP contribution < -0.4 is 5.32 Å². The maximum absolute atomic E-state index is 13.8. The fourth-order valence-corrected chi connectivity index (χ4v) is 4.03. The standard InChI is InChI=1S/C21H22FN5O/c1-14-8-9-18(13-19(14)27-15(2)24-25-26-27)23-20(28)21(10-3-4-11-21)16-6-5-7-17(22)12-16/h5-9,12-13H,3-4,10-11H2,1-2H3,(H,23,28). The van der Waals surface area contributed by atoms with E-state index in [-0.39, 0.29) is 11.7 Å². The average molecular weight is 379 g/mol. The van der Waals surface area contributed by atoms with Crippen LogP contribution in [-0.2, 0) is 10.2 Å². The highest BCUT2D eigenvalue weighted by molar-refractivity contribution is 5.99. The normalized spacial score (nSPS) is 15.5. The van der Waals surface area contributed by atoms with Crippen molar-refractivity contribution < 1.29 is 9.18 Å². The third kappa shape index (κ3) is 3.17. The summed E-state index contributed by atoms with van der Waals surface area (Å²) < 4.78 is 15.5. The van der Waals surface area contributed by atoms with Gasteiger partial charge in [-0.1, -0.05) is 31.0 Å². The molecule has 1 N–H and O–H groups in total. The molecule has 144 valence electrons. The fraction of sp³-hybridized carbons (Fsp3) is 0.333. The van der Waals surface area contributed by atoms with Gasteiger partial charge in [-0.2, -0.15) is 4.68 Å².